The average Bonchev–Trinajstić information content (AvgIpc) is 2.18. The molecule has 0 radical (unpaired) electrons. The van der Waals surface area contributed by atoms with Gasteiger partial charge in [0.1, 0.15) is 5.67 Å². The third-order valence-electron chi connectivity index (χ3n) is 2.27. The lowest BCUT2D eigenvalue weighted by Crippen LogP contribution is -2.59. The van der Waals surface area contributed by atoms with Gasteiger partial charge in [0, 0.05) is 19.6 Å². The third kappa shape index (κ3) is 5.43. The fourth-order valence-corrected chi connectivity index (χ4v) is 1.58. The molecule has 3 nitrogen and oxygen atoms in total. The number of ether oxygens (including phenoxy) is 1. The van der Waals surface area contributed by atoms with Crippen LogP contribution in [0.4, 0.5) is 4.39 Å². The highest BCUT2D eigenvalue weighted by Crippen LogP contribution is 2.27. The van der Waals surface area contributed by atoms with Crippen LogP contribution in [0.25, 0.3) is 0 Å². The summed E-state index contributed by atoms with van der Waals surface area (Å²) in [4.78, 5) is 1.97. The van der Waals surface area contributed by atoms with Crippen molar-refractivity contribution in [3.8, 4) is 6.07 Å². The van der Waals surface area contributed by atoms with Gasteiger partial charge in [-0.3, -0.25) is 4.90 Å². The van der Waals surface area contributed by atoms with Crippen LogP contribution in [0, 0.1) is 11.3 Å². The van der Waals surface area contributed by atoms with Crippen LogP contribution in [-0.4, -0.2) is 42.9 Å². The van der Waals surface area contributed by atoms with E-state index < -0.39 is 5.67 Å². The Kier molecular flexibility index (Phi) is 7.27. The van der Waals surface area contributed by atoms with E-state index in [0.29, 0.717) is 19.7 Å². The predicted molar refractivity (Wildman–Crippen MR) is 62.9 cm³/mol. The number of likely N-dealkylation sites (tertiary alicyclic amines) is 1. The van der Waals surface area contributed by atoms with E-state index in [-0.39, 0.29) is 12.5 Å². The zero-order chi connectivity index (χ0) is 12.6. The molecule has 1 aliphatic heterocycles. The molecule has 16 heavy (non-hydrogen) atoms. The molecule has 0 aromatic carbocycles. The molecule has 1 aliphatic rings. The zero-order valence-corrected chi connectivity index (χ0v) is 10.8. The van der Waals surface area contributed by atoms with Crippen LogP contribution in [0.1, 0.15) is 34.1 Å². The Hall–Kier alpha value is -0.660. The summed E-state index contributed by atoms with van der Waals surface area (Å²) in [5, 5.41) is 8.37. The van der Waals surface area contributed by atoms with Crippen molar-refractivity contribution >= 4 is 0 Å². The molecule has 0 saturated carbocycles. The zero-order valence-electron chi connectivity index (χ0n) is 10.8. The van der Waals surface area contributed by atoms with Crippen molar-refractivity contribution in [1.29, 1.82) is 5.26 Å². The summed E-state index contributed by atoms with van der Waals surface area (Å²) in [6, 6.07) is 1.87. The van der Waals surface area contributed by atoms with Gasteiger partial charge in [0.05, 0.1) is 25.2 Å². The van der Waals surface area contributed by atoms with Crippen molar-refractivity contribution < 1.29 is 9.13 Å². The minimum absolute atomic E-state index is 0.00847. The molecule has 1 rings (SSSR count). The first-order valence-electron chi connectivity index (χ1n) is 5.95. The molecule has 1 heterocycles. The summed E-state index contributed by atoms with van der Waals surface area (Å²) < 4.78 is 18.8. The number of hydrogen-bond donors (Lipinski definition) is 0. The van der Waals surface area contributed by atoms with E-state index >= 15 is 0 Å². The van der Waals surface area contributed by atoms with Gasteiger partial charge in [-0.05, 0) is 13.8 Å². The van der Waals surface area contributed by atoms with Gasteiger partial charge in [0.2, 0.25) is 0 Å². The van der Waals surface area contributed by atoms with Crippen LogP contribution >= 0.6 is 0 Å². The molecule has 0 aromatic heterocycles. The first kappa shape index (κ1) is 15.3. The van der Waals surface area contributed by atoms with E-state index in [4.69, 9.17) is 10.00 Å². The standard InChI is InChI=1S/C10H17FN2O.C2H6/c1-9(2)14-6-5-13-7-10(11,8-13)3-4-12;1-2/h9H,3,5-8H2,1-2H3;1-2H3. The summed E-state index contributed by atoms with van der Waals surface area (Å²) >= 11 is 0. The maximum Gasteiger partial charge on any atom is 0.149 e. The Morgan fingerprint density at radius 3 is 2.44 bits per heavy atom. The lowest BCUT2D eigenvalue weighted by atomic mass is 9.93. The lowest BCUT2D eigenvalue weighted by molar-refractivity contribution is -0.0467. The summed E-state index contributed by atoms with van der Waals surface area (Å²) in [5.74, 6) is 0. The first-order valence-corrected chi connectivity index (χ1v) is 5.95. The molecule has 0 unspecified atom stereocenters. The van der Waals surface area contributed by atoms with Gasteiger partial charge in [0.15, 0.2) is 0 Å². The van der Waals surface area contributed by atoms with Crippen molar-refractivity contribution in [1.82, 2.24) is 4.90 Å². The third-order valence-corrected chi connectivity index (χ3v) is 2.27. The van der Waals surface area contributed by atoms with E-state index in [1.165, 1.54) is 0 Å². The molecule has 0 atom stereocenters. The number of halogens is 1. The quantitative estimate of drug-likeness (QED) is 0.727. The second-order valence-electron chi connectivity index (χ2n) is 4.12. The molecule has 94 valence electrons. The summed E-state index contributed by atoms with van der Waals surface area (Å²) in [6.45, 7) is 10.1. The highest BCUT2D eigenvalue weighted by Gasteiger charge is 2.42. The molecular formula is C12H23FN2O. The van der Waals surface area contributed by atoms with Crippen molar-refractivity contribution in [3.05, 3.63) is 0 Å². The van der Waals surface area contributed by atoms with Crippen molar-refractivity contribution in [2.75, 3.05) is 26.2 Å². The molecule has 1 fully saturated rings. The molecule has 0 spiro atoms. The maximum atomic E-state index is 13.4. The van der Waals surface area contributed by atoms with E-state index in [1.54, 1.807) is 0 Å². The number of rotatable bonds is 5. The van der Waals surface area contributed by atoms with Gasteiger partial charge in [-0.1, -0.05) is 13.8 Å². The van der Waals surface area contributed by atoms with Gasteiger partial charge in [0.25, 0.3) is 0 Å². The SMILES string of the molecule is CC.CC(C)OCCN1CC(F)(CC#N)C1. The van der Waals surface area contributed by atoms with Gasteiger partial charge in [-0.2, -0.15) is 5.26 Å². The second-order valence-corrected chi connectivity index (χ2v) is 4.12. The molecule has 0 bridgehead atoms. The molecule has 4 heteroatoms. The molecule has 1 saturated heterocycles. The summed E-state index contributed by atoms with van der Waals surface area (Å²) in [6.07, 6.45) is 0.236. The number of nitrogens with zero attached hydrogens (tertiary/aromatic N) is 2. The van der Waals surface area contributed by atoms with Crippen LogP contribution in [-0.2, 0) is 4.74 Å². The summed E-state index contributed by atoms with van der Waals surface area (Å²) in [5.41, 5.74) is -1.26. The number of alkyl halides is 1. The van der Waals surface area contributed by atoms with E-state index in [0.717, 1.165) is 6.54 Å². The van der Waals surface area contributed by atoms with Crippen molar-refractivity contribution in [2.24, 2.45) is 0 Å². The van der Waals surface area contributed by atoms with Crippen LogP contribution < -0.4 is 0 Å². The second kappa shape index (κ2) is 7.59. The topological polar surface area (TPSA) is 36.3 Å². The fraction of sp³-hybridized carbons (Fsp3) is 0.917. The van der Waals surface area contributed by atoms with Crippen LogP contribution in [0.5, 0.6) is 0 Å². The molecule has 0 aromatic rings. The molecule has 0 aliphatic carbocycles. The Bertz CT molecular complexity index is 220. The van der Waals surface area contributed by atoms with Crippen molar-refractivity contribution in [2.45, 2.75) is 45.9 Å². The van der Waals surface area contributed by atoms with Crippen LogP contribution in [0.2, 0.25) is 0 Å². The van der Waals surface area contributed by atoms with Gasteiger partial charge in [-0.15, -0.1) is 0 Å². The highest BCUT2D eigenvalue weighted by atomic mass is 19.1. The smallest absolute Gasteiger partial charge is 0.149 e. The normalized spacial score (nSPS) is 18.3. The highest BCUT2D eigenvalue weighted by molar-refractivity contribution is 5.01. The number of hydrogen-bond acceptors (Lipinski definition) is 3. The monoisotopic (exact) mass is 230 g/mol. The van der Waals surface area contributed by atoms with Gasteiger partial charge in [-0.25, -0.2) is 4.39 Å². The minimum Gasteiger partial charge on any atom is -0.377 e. The molecule has 0 amide bonds. The Morgan fingerprint density at radius 1 is 1.44 bits per heavy atom. The maximum absolute atomic E-state index is 13.4. The van der Waals surface area contributed by atoms with Gasteiger partial charge >= 0.3 is 0 Å². The molecular weight excluding hydrogens is 207 g/mol. The average molecular weight is 230 g/mol. The Morgan fingerprint density at radius 2 is 2.00 bits per heavy atom. The number of nitriles is 1. The van der Waals surface area contributed by atoms with E-state index in [2.05, 4.69) is 0 Å². The Labute approximate surface area is 98.2 Å². The fourth-order valence-electron chi connectivity index (χ4n) is 1.58. The minimum atomic E-state index is -1.26. The van der Waals surface area contributed by atoms with Crippen LogP contribution in [0.3, 0.4) is 0 Å². The Balaban J connectivity index is 0.00000106. The van der Waals surface area contributed by atoms with Gasteiger partial charge < -0.3 is 4.74 Å². The first-order chi connectivity index (χ1) is 7.56. The van der Waals surface area contributed by atoms with Crippen molar-refractivity contribution in [3.63, 3.8) is 0 Å². The lowest BCUT2D eigenvalue weighted by Gasteiger charge is -2.43. The largest absolute Gasteiger partial charge is 0.377 e. The molecule has 0 N–H and O–H groups in total. The predicted octanol–water partition coefficient (Wildman–Crippen LogP) is 2.38. The van der Waals surface area contributed by atoms with E-state index in [9.17, 15) is 4.39 Å². The summed E-state index contributed by atoms with van der Waals surface area (Å²) in [7, 11) is 0. The van der Waals surface area contributed by atoms with E-state index in [1.807, 2.05) is 38.7 Å². The van der Waals surface area contributed by atoms with Crippen LogP contribution in [0.15, 0.2) is 0 Å².